The van der Waals surface area contributed by atoms with Gasteiger partial charge in [-0.05, 0) is 24.3 Å². The fourth-order valence-electron chi connectivity index (χ4n) is 1.06. The molecule has 3 nitrogen and oxygen atoms in total. The summed E-state index contributed by atoms with van der Waals surface area (Å²) >= 11 is 1.72. The number of amides is 1. The summed E-state index contributed by atoms with van der Waals surface area (Å²) in [5.74, 6) is 0.689. The first-order chi connectivity index (χ1) is 7.33. The van der Waals surface area contributed by atoms with E-state index in [0.29, 0.717) is 6.42 Å². The predicted octanol–water partition coefficient (Wildman–Crippen LogP) is 2.16. The van der Waals surface area contributed by atoms with Crippen molar-refractivity contribution >= 4 is 17.7 Å². The molecule has 0 aliphatic carbocycles. The van der Waals surface area contributed by atoms with Gasteiger partial charge >= 0.3 is 0 Å². The third-order valence-electron chi connectivity index (χ3n) is 1.76. The molecule has 0 fully saturated rings. The second-order valence-electron chi connectivity index (χ2n) is 2.93. The van der Waals surface area contributed by atoms with Gasteiger partial charge in [0.15, 0.2) is 6.19 Å². The van der Waals surface area contributed by atoms with Gasteiger partial charge in [0.05, 0.1) is 0 Å². The van der Waals surface area contributed by atoms with E-state index in [1.807, 2.05) is 30.3 Å². The quantitative estimate of drug-likeness (QED) is 0.358. The molecule has 0 aliphatic heterocycles. The van der Waals surface area contributed by atoms with E-state index in [0.717, 1.165) is 12.2 Å². The van der Waals surface area contributed by atoms with Crippen molar-refractivity contribution in [2.24, 2.45) is 0 Å². The Bertz CT molecular complexity index is 345. The topological polar surface area (TPSA) is 52.9 Å². The van der Waals surface area contributed by atoms with Gasteiger partial charge in [0, 0.05) is 11.3 Å². The molecule has 0 heterocycles. The zero-order chi connectivity index (χ0) is 10.9. The molecule has 0 aliphatic rings. The van der Waals surface area contributed by atoms with Crippen molar-refractivity contribution in [1.82, 2.24) is 5.32 Å². The smallest absolute Gasteiger partial charge is 0.233 e. The standard InChI is InChI=1S/C11H12N2OS/c12-9-13-11(14)7-4-8-15-10-5-2-1-3-6-10/h1-3,5-6H,4,7-8H2,(H,13,14). The third kappa shape index (κ3) is 5.08. The highest BCUT2D eigenvalue weighted by molar-refractivity contribution is 7.99. The zero-order valence-corrected chi connectivity index (χ0v) is 9.09. The zero-order valence-electron chi connectivity index (χ0n) is 8.27. The molecule has 1 aromatic carbocycles. The van der Waals surface area contributed by atoms with Crippen LogP contribution < -0.4 is 5.32 Å². The van der Waals surface area contributed by atoms with E-state index in [2.05, 4.69) is 5.32 Å². The van der Waals surface area contributed by atoms with Crippen LogP contribution in [0.25, 0.3) is 0 Å². The number of rotatable bonds is 5. The van der Waals surface area contributed by atoms with Gasteiger partial charge in [-0.15, -0.1) is 11.8 Å². The number of hydrogen-bond acceptors (Lipinski definition) is 3. The van der Waals surface area contributed by atoms with Gasteiger partial charge in [-0.25, -0.2) is 0 Å². The van der Waals surface area contributed by atoms with E-state index < -0.39 is 0 Å². The SMILES string of the molecule is N#CNC(=O)CCCSc1ccccc1. The first-order valence-electron chi connectivity index (χ1n) is 4.68. The molecule has 1 amide bonds. The highest BCUT2D eigenvalue weighted by Gasteiger charge is 1.99. The molecule has 0 radical (unpaired) electrons. The van der Waals surface area contributed by atoms with Crippen LogP contribution in [0.2, 0.25) is 0 Å². The molecule has 0 bridgehead atoms. The number of nitrogens with zero attached hydrogens (tertiary/aromatic N) is 1. The van der Waals surface area contributed by atoms with E-state index in [1.54, 1.807) is 18.0 Å². The first kappa shape index (κ1) is 11.6. The van der Waals surface area contributed by atoms with E-state index in [4.69, 9.17) is 5.26 Å². The number of carbonyl (C=O) groups is 1. The van der Waals surface area contributed by atoms with Crippen LogP contribution in [-0.4, -0.2) is 11.7 Å². The lowest BCUT2D eigenvalue weighted by molar-refractivity contribution is -0.119. The van der Waals surface area contributed by atoms with Crippen molar-refractivity contribution in [2.75, 3.05) is 5.75 Å². The first-order valence-corrected chi connectivity index (χ1v) is 5.67. The Hall–Kier alpha value is -1.47. The third-order valence-corrected chi connectivity index (χ3v) is 2.85. The van der Waals surface area contributed by atoms with Gasteiger partial charge < -0.3 is 0 Å². The minimum absolute atomic E-state index is 0.203. The molecule has 0 atom stereocenters. The summed E-state index contributed by atoms with van der Waals surface area (Å²) in [6, 6.07) is 10.0. The molecular formula is C11H12N2OS. The highest BCUT2D eigenvalue weighted by Crippen LogP contribution is 2.18. The molecule has 0 saturated heterocycles. The van der Waals surface area contributed by atoms with E-state index in [1.165, 1.54) is 4.90 Å². The molecule has 0 unspecified atom stereocenters. The molecule has 0 aromatic heterocycles. The van der Waals surface area contributed by atoms with Crippen LogP contribution in [0.5, 0.6) is 0 Å². The van der Waals surface area contributed by atoms with Crippen LogP contribution in [0.3, 0.4) is 0 Å². The van der Waals surface area contributed by atoms with Crippen molar-refractivity contribution < 1.29 is 4.79 Å². The number of carbonyl (C=O) groups excluding carboxylic acids is 1. The van der Waals surface area contributed by atoms with E-state index in [9.17, 15) is 4.79 Å². The predicted molar refractivity (Wildman–Crippen MR) is 60.2 cm³/mol. The average Bonchev–Trinajstić information content (AvgIpc) is 2.26. The lowest BCUT2D eigenvalue weighted by Gasteiger charge is -2.00. The molecule has 1 aromatic rings. The maximum atomic E-state index is 10.9. The van der Waals surface area contributed by atoms with Crippen LogP contribution in [0, 0.1) is 11.5 Å². The average molecular weight is 220 g/mol. The summed E-state index contributed by atoms with van der Waals surface area (Å²) in [5.41, 5.74) is 0. The number of thioether (sulfide) groups is 1. The molecule has 1 rings (SSSR count). The second kappa shape index (κ2) is 6.91. The summed E-state index contributed by atoms with van der Waals surface area (Å²) in [6.45, 7) is 0. The van der Waals surface area contributed by atoms with Crippen LogP contribution in [0.15, 0.2) is 35.2 Å². The minimum atomic E-state index is -0.203. The van der Waals surface area contributed by atoms with Crippen LogP contribution in [0.1, 0.15) is 12.8 Å². The number of nitriles is 1. The van der Waals surface area contributed by atoms with Crippen molar-refractivity contribution in [3.63, 3.8) is 0 Å². The second-order valence-corrected chi connectivity index (χ2v) is 4.09. The molecule has 4 heteroatoms. The summed E-state index contributed by atoms with van der Waals surface area (Å²) in [7, 11) is 0. The Balaban J connectivity index is 2.13. The number of nitrogens with one attached hydrogen (secondary N) is 1. The monoisotopic (exact) mass is 220 g/mol. The van der Waals surface area contributed by atoms with Crippen molar-refractivity contribution in [3.05, 3.63) is 30.3 Å². The van der Waals surface area contributed by atoms with Gasteiger partial charge in [-0.1, -0.05) is 18.2 Å². The van der Waals surface area contributed by atoms with Crippen LogP contribution in [0.4, 0.5) is 0 Å². The van der Waals surface area contributed by atoms with Gasteiger partial charge in [-0.3, -0.25) is 10.1 Å². The summed E-state index contributed by atoms with van der Waals surface area (Å²) < 4.78 is 0. The largest absolute Gasteiger partial charge is 0.274 e. The number of hydrogen-bond donors (Lipinski definition) is 1. The van der Waals surface area contributed by atoms with Gasteiger partial charge in [0.25, 0.3) is 0 Å². The fourth-order valence-corrected chi connectivity index (χ4v) is 1.94. The van der Waals surface area contributed by atoms with Crippen molar-refractivity contribution in [2.45, 2.75) is 17.7 Å². The maximum absolute atomic E-state index is 10.9. The van der Waals surface area contributed by atoms with Gasteiger partial charge in [0.1, 0.15) is 0 Å². The molecular weight excluding hydrogens is 208 g/mol. The summed E-state index contributed by atoms with van der Waals surface area (Å²) in [4.78, 5) is 12.1. The molecule has 0 saturated carbocycles. The Labute approximate surface area is 93.5 Å². The molecule has 0 spiro atoms. The van der Waals surface area contributed by atoms with E-state index in [-0.39, 0.29) is 5.91 Å². The minimum Gasteiger partial charge on any atom is -0.274 e. The summed E-state index contributed by atoms with van der Waals surface area (Å²) in [6.07, 6.45) is 2.81. The molecule has 1 N–H and O–H groups in total. The van der Waals surface area contributed by atoms with E-state index >= 15 is 0 Å². The molecule has 15 heavy (non-hydrogen) atoms. The van der Waals surface area contributed by atoms with Crippen LogP contribution in [-0.2, 0) is 4.79 Å². The lowest BCUT2D eigenvalue weighted by Crippen LogP contribution is -2.16. The van der Waals surface area contributed by atoms with Gasteiger partial charge in [-0.2, -0.15) is 5.26 Å². The Morgan fingerprint density at radius 2 is 2.13 bits per heavy atom. The number of benzene rings is 1. The fraction of sp³-hybridized carbons (Fsp3) is 0.273. The normalized spacial score (nSPS) is 9.27. The summed E-state index contributed by atoms with van der Waals surface area (Å²) in [5, 5.41) is 10.3. The maximum Gasteiger partial charge on any atom is 0.233 e. The Morgan fingerprint density at radius 1 is 1.40 bits per heavy atom. The van der Waals surface area contributed by atoms with Crippen molar-refractivity contribution in [1.29, 1.82) is 5.26 Å². The van der Waals surface area contributed by atoms with Crippen LogP contribution >= 0.6 is 11.8 Å². The van der Waals surface area contributed by atoms with Crippen molar-refractivity contribution in [3.8, 4) is 6.19 Å². The lowest BCUT2D eigenvalue weighted by atomic mass is 10.3. The highest BCUT2D eigenvalue weighted by atomic mass is 32.2. The Kier molecular flexibility index (Phi) is 5.34. The molecule has 78 valence electrons. The Morgan fingerprint density at radius 3 is 2.80 bits per heavy atom. The van der Waals surface area contributed by atoms with Gasteiger partial charge in [0.2, 0.25) is 5.91 Å².